The number of alkyl halides is 3. The Bertz CT molecular complexity index is 602. The number of hydrogen-bond donors (Lipinski definition) is 1. The number of halogens is 3. The lowest BCUT2D eigenvalue weighted by Crippen LogP contribution is -2.30. The van der Waals surface area contributed by atoms with Crippen LogP contribution in [0.15, 0.2) is 24.3 Å². The normalized spacial score (nSPS) is 16.3. The smallest absolute Gasteiger partial charge is 0.350 e. The number of rotatable bonds is 6. The van der Waals surface area contributed by atoms with Crippen LogP contribution in [-0.4, -0.2) is 29.8 Å². The molecule has 1 aliphatic heterocycles. The van der Waals surface area contributed by atoms with Gasteiger partial charge in [0.2, 0.25) is 11.8 Å². The Morgan fingerprint density at radius 2 is 2.04 bits per heavy atom. The molecule has 0 spiro atoms. The van der Waals surface area contributed by atoms with Crippen molar-refractivity contribution < 1.29 is 22.8 Å². The van der Waals surface area contributed by atoms with Crippen LogP contribution in [0, 0.1) is 0 Å². The molecule has 1 heterocycles. The lowest BCUT2D eigenvalue weighted by Gasteiger charge is -2.20. The first-order valence-corrected chi connectivity index (χ1v) is 8.02. The zero-order valence-corrected chi connectivity index (χ0v) is 13.5. The molecule has 0 aromatic heterocycles. The highest BCUT2D eigenvalue weighted by Crippen LogP contribution is 2.34. The first-order chi connectivity index (χ1) is 11.3. The molecular weight excluding hydrogens is 321 g/mol. The average molecular weight is 342 g/mol. The molecule has 0 saturated carbocycles. The van der Waals surface area contributed by atoms with Crippen LogP contribution < -0.4 is 5.32 Å². The fraction of sp³-hybridized carbons (Fsp3) is 0.529. The molecule has 4 nitrogen and oxygen atoms in total. The van der Waals surface area contributed by atoms with Gasteiger partial charge in [-0.3, -0.25) is 9.59 Å². The number of nitrogens with one attached hydrogen (secondary N) is 1. The maximum absolute atomic E-state index is 13.0. The fourth-order valence-electron chi connectivity index (χ4n) is 2.90. The van der Waals surface area contributed by atoms with E-state index in [4.69, 9.17) is 0 Å². The van der Waals surface area contributed by atoms with Crippen LogP contribution in [0.1, 0.15) is 49.8 Å². The summed E-state index contributed by atoms with van der Waals surface area (Å²) < 4.78 is 39.0. The molecule has 1 atom stereocenters. The van der Waals surface area contributed by atoms with Crippen molar-refractivity contribution in [2.75, 3.05) is 13.1 Å². The van der Waals surface area contributed by atoms with E-state index >= 15 is 0 Å². The minimum atomic E-state index is -4.45. The van der Waals surface area contributed by atoms with E-state index < -0.39 is 17.8 Å². The predicted molar refractivity (Wildman–Crippen MR) is 83.0 cm³/mol. The third kappa shape index (κ3) is 4.72. The lowest BCUT2D eigenvalue weighted by molar-refractivity contribution is -0.138. The van der Waals surface area contributed by atoms with Gasteiger partial charge in [0.15, 0.2) is 0 Å². The first-order valence-electron chi connectivity index (χ1n) is 8.02. The quantitative estimate of drug-likeness (QED) is 0.862. The highest BCUT2D eigenvalue weighted by atomic mass is 19.4. The summed E-state index contributed by atoms with van der Waals surface area (Å²) in [6, 6.07) is 4.50. The Morgan fingerprint density at radius 3 is 2.67 bits per heavy atom. The SMILES string of the molecule is C[C@H](NC(=O)CCCN1CCCC1=O)c1ccccc1C(F)(F)F. The van der Waals surface area contributed by atoms with Crippen molar-refractivity contribution in [2.45, 2.75) is 44.8 Å². The van der Waals surface area contributed by atoms with Crippen LogP contribution in [0.25, 0.3) is 0 Å². The largest absolute Gasteiger partial charge is 0.416 e. The Morgan fingerprint density at radius 1 is 1.33 bits per heavy atom. The van der Waals surface area contributed by atoms with Crippen molar-refractivity contribution in [3.8, 4) is 0 Å². The predicted octanol–water partition coefficient (Wildman–Crippen LogP) is 3.29. The number of benzene rings is 1. The molecular formula is C17H21F3N2O2. The molecule has 0 radical (unpaired) electrons. The van der Waals surface area contributed by atoms with Crippen LogP contribution in [0.4, 0.5) is 13.2 Å². The van der Waals surface area contributed by atoms with Crippen molar-refractivity contribution in [3.63, 3.8) is 0 Å². The average Bonchev–Trinajstić information content (AvgIpc) is 2.92. The summed E-state index contributed by atoms with van der Waals surface area (Å²) >= 11 is 0. The number of hydrogen-bond acceptors (Lipinski definition) is 2. The van der Waals surface area contributed by atoms with Crippen molar-refractivity contribution in [3.05, 3.63) is 35.4 Å². The van der Waals surface area contributed by atoms with E-state index in [1.807, 2.05) is 0 Å². The van der Waals surface area contributed by atoms with Crippen LogP contribution in [0.3, 0.4) is 0 Å². The van der Waals surface area contributed by atoms with Crippen molar-refractivity contribution in [1.29, 1.82) is 0 Å². The van der Waals surface area contributed by atoms with E-state index in [9.17, 15) is 22.8 Å². The van der Waals surface area contributed by atoms with Crippen molar-refractivity contribution in [1.82, 2.24) is 10.2 Å². The van der Waals surface area contributed by atoms with Crippen LogP contribution in [0.5, 0.6) is 0 Å². The molecule has 7 heteroatoms. The molecule has 1 saturated heterocycles. The third-order valence-corrected chi connectivity index (χ3v) is 4.11. The molecule has 132 valence electrons. The minimum absolute atomic E-state index is 0.0491. The van der Waals surface area contributed by atoms with Gasteiger partial charge in [-0.15, -0.1) is 0 Å². The standard InChI is InChI=1S/C17H21F3N2O2/c1-12(13-6-2-3-7-14(13)17(18,19)20)21-15(23)8-4-10-22-11-5-9-16(22)24/h2-3,6-7,12H,4-5,8-11H2,1H3,(H,21,23)/t12-/m0/s1. The van der Waals surface area contributed by atoms with Crippen LogP contribution in [0.2, 0.25) is 0 Å². The van der Waals surface area contributed by atoms with Crippen LogP contribution in [-0.2, 0) is 15.8 Å². The fourth-order valence-corrected chi connectivity index (χ4v) is 2.90. The van der Waals surface area contributed by atoms with Gasteiger partial charge in [0.05, 0.1) is 11.6 Å². The van der Waals surface area contributed by atoms with E-state index in [0.29, 0.717) is 19.4 Å². The second-order valence-electron chi connectivity index (χ2n) is 5.96. The Labute approximate surface area is 139 Å². The molecule has 1 N–H and O–H groups in total. The number of carbonyl (C=O) groups excluding carboxylic acids is 2. The minimum Gasteiger partial charge on any atom is -0.350 e. The molecule has 2 amide bonds. The molecule has 1 fully saturated rings. The molecule has 0 aliphatic carbocycles. The lowest BCUT2D eigenvalue weighted by atomic mass is 10.0. The zero-order chi connectivity index (χ0) is 17.7. The number of nitrogens with zero attached hydrogens (tertiary/aromatic N) is 1. The molecule has 24 heavy (non-hydrogen) atoms. The van der Waals surface area contributed by atoms with Gasteiger partial charge in [-0.1, -0.05) is 18.2 Å². The maximum atomic E-state index is 13.0. The molecule has 1 aromatic rings. The van der Waals surface area contributed by atoms with Crippen molar-refractivity contribution >= 4 is 11.8 Å². The topological polar surface area (TPSA) is 49.4 Å². The van der Waals surface area contributed by atoms with E-state index in [2.05, 4.69) is 5.32 Å². The Balaban J connectivity index is 1.87. The Hall–Kier alpha value is -2.05. The summed E-state index contributed by atoms with van der Waals surface area (Å²) in [7, 11) is 0. The molecule has 1 aromatic carbocycles. The summed E-state index contributed by atoms with van der Waals surface area (Å²) in [6.45, 7) is 2.77. The highest BCUT2D eigenvalue weighted by molar-refractivity contribution is 5.78. The summed E-state index contributed by atoms with van der Waals surface area (Å²) in [5.74, 6) is -0.214. The number of likely N-dealkylation sites (tertiary alicyclic amines) is 1. The van der Waals surface area contributed by atoms with Gasteiger partial charge >= 0.3 is 6.18 Å². The summed E-state index contributed by atoms with van der Waals surface area (Å²) in [5, 5.41) is 2.60. The first kappa shape index (κ1) is 18.3. The number of carbonyl (C=O) groups is 2. The van der Waals surface area contributed by atoms with Gasteiger partial charge < -0.3 is 10.2 Å². The van der Waals surface area contributed by atoms with Gasteiger partial charge in [-0.05, 0) is 31.4 Å². The summed E-state index contributed by atoms with van der Waals surface area (Å²) in [4.78, 5) is 25.1. The maximum Gasteiger partial charge on any atom is 0.416 e. The van der Waals surface area contributed by atoms with E-state index in [0.717, 1.165) is 19.0 Å². The summed E-state index contributed by atoms with van der Waals surface area (Å²) in [6.07, 6.45) is -2.37. The molecule has 1 aliphatic rings. The van der Waals surface area contributed by atoms with Gasteiger partial charge in [0.25, 0.3) is 0 Å². The second-order valence-corrected chi connectivity index (χ2v) is 5.96. The third-order valence-electron chi connectivity index (χ3n) is 4.11. The van der Waals surface area contributed by atoms with E-state index in [-0.39, 0.29) is 23.8 Å². The Kier molecular flexibility index (Phi) is 5.85. The van der Waals surface area contributed by atoms with E-state index in [1.165, 1.54) is 25.1 Å². The van der Waals surface area contributed by atoms with Crippen molar-refractivity contribution in [2.24, 2.45) is 0 Å². The van der Waals surface area contributed by atoms with Gasteiger partial charge in [-0.2, -0.15) is 13.2 Å². The molecule has 2 rings (SSSR count). The monoisotopic (exact) mass is 342 g/mol. The van der Waals surface area contributed by atoms with E-state index in [1.54, 1.807) is 4.90 Å². The van der Waals surface area contributed by atoms with Crippen LogP contribution >= 0.6 is 0 Å². The van der Waals surface area contributed by atoms with Gasteiger partial charge in [0, 0.05) is 25.9 Å². The number of amides is 2. The molecule has 0 bridgehead atoms. The molecule has 0 unspecified atom stereocenters. The van der Waals surface area contributed by atoms with Gasteiger partial charge in [0.1, 0.15) is 0 Å². The zero-order valence-electron chi connectivity index (χ0n) is 13.5. The highest BCUT2D eigenvalue weighted by Gasteiger charge is 2.34. The summed E-state index contributed by atoms with van der Waals surface area (Å²) in [5.41, 5.74) is -0.687. The second kappa shape index (κ2) is 7.68. The van der Waals surface area contributed by atoms with Gasteiger partial charge in [-0.25, -0.2) is 0 Å².